The van der Waals surface area contributed by atoms with E-state index in [1.165, 1.54) is 5.56 Å². The first-order valence-electron chi connectivity index (χ1n) is 6.36. The number of rotatable bonds is 3. The summed E-state index contributed by atoms with van der Waals surface area (Å²) in [7, 11) is 0. The smallest absolute Gasteiger partial charge is 0.189 e. The van der Waals surface area contributed by atoms with E-state index in [0.29, 0.717) is 5.92 Å². The van der Waals surface area contributed by atoms with E-state index in [2.05, 4.69) is 62.7 Å². The third-order valence-corrected chi connectivity index (χ3v) is 3.34. The Morgan fingerprint density at radius 3 is 2.44 bits per heavy atom. The summed E-state index contributed by atoms with van der Waals surface area (Å²) in [5.74, 6) is 0.607. The van der Waals surface area contributed by atoms with E-state index >= 15 is 0 Å². The van der Waals surface area contributed by atoms with Crippen molar-refractivity contribution in [2.24, 2.45) is 5.92 Å². The van der Waals surface area contributed by atoms with Crippen LogP contribution in [0.4, 0.5) is 5.69 Å². The molecule has 0 bridgehead atoms. The molecule has 1 saturated heterocycles. The lowest BCUT2D eigenvalue weighted by atomic mass is 10.0. The molecule has 4 heteroatoms. The van der Waals surface area contributed by atoms with Crippen LogP contribution in [-0.2, 0) is 0 Å². The number of nitrogens with zero attached hydrogens (tertiary/aromatic N) is 1. The van der Waals surface area contributed by atoms with Crippen molar-refractivity contribution in [1.29, 1.82) is 0 Å². The molecule has 1 fully saturated rings. The first-order chi connectivity index (χ1) is 8.39. The van der Waals surface area contributed by atoms with Crippen molar-refractivity contribution in [3.8, 4) is 0 Å². The van der Waals surface area contributed by atoms with Gasteiger partial charge in [0.25, 0.3) is 0 Å². The number of hydrogen-bond acceptors (Lipinski definition) is 2. The highest BCUT2D eigenvalue weighted by Crippen LogP contribution is 2.23. The normalized spacial score (nSPS) is 23.6. The fourth-order valence-electron chi connectivity index (χ4n) is 2.41. The summed E-state index contributed by atoms with van der Waals surface area (Å²) in [6, 6.07) is 8.35. The Morgan fingerprint density at radius 1 is 1.28 bits per heavy atom. The van der Waals surface area contributed by atoms with Crippen LogP contribution in [0.25, 0.3) is 0 Å². The number of hydrazine groups is 1. The minimum atomic E-state index is -0.157. The van der Waals surface area contributed by atoms with Gasteiger partial charge in [0.15, 0.2) is 5.11 Å². The number of anilines is 1. The quantitative estimate of drug-likeness (QED) is 0.820. The van der Waals surface area contributed by atoms with E-state index in [-0.39, 0.29) is 5.66 Å². The summed E-state index contributed by atoms with van der Waals surface area (Å²) in [6.07, 6.45) is 1.02. The highest BCUT2D eigenvalue weighted by Gasteiger charge is 2.36. The summed E-state index contributed by atoms with van der Waals surface area (Å²) in [5.41, 5.74) is 5.63. The van der Waals surface area contributed by atoms with Crippen LogP contribution in [-0.4, -0.2) is 10.8 Å². The molecule has 0 amide bonds. The molecule has 1 aromatic carbocycles. The van der Waals surface area contributed by atoms with Crippen LogP contribution in [0.5, 0.6) is 0 Å². The summed E-state index contributed by atoms with van der Waals surface area (Å²) >= 11 is 5.41. The van der Waals surface area contributed by atoms with Gasteiger partial charge in [-0.05, 0) is 50.5 Å². The van der Waals surface area contributed by atoms with Gasteiger partial charge >= 0.3 is 0 Å². The fraction of sp³-hybridized carbons (Fsp3) is 0.500. The van der Waals surface area contributed by atoms with E-state index in [9.17, 15) is 0 Å². The maximum Gasteiger partial charge on any atom is 0.189 e. The second-order valence-electron chi connectivity index (χ2n) is 5.64. The molecule has 1 heterocycles. The molecule has 98 valence electrons. The molecule has 0 aromatic heterocycles. The first-order valence-corrected chi connectivity index (χ1v) is 6.77. The molecule has 0 radical (unpaired) electrons. The maximum atomic E-state index is 5.41. The van der Waals surface area contributed by atoms with E-state index in [1.54, 1.807) is 0 Å². The zero-order chi connectivity index (χ0) is 13.3. The molecule has 0 saturated carbocycles. The molecule has 1 aliphatic rings. The van der Waals surface area contributed by atoms with Crippen molar-refractivity contribution in [3.63, 3.8) is 0 Å². The van der Waals surface area contributed by atoms with Crippen LogP contribution < -0.4 is 15.8 Å². The van der Waals surface area contributed by atoms with Gasteiger partial charge in [-0.2, -0.15) is 0 Å². The summed E-state index contributed by atoms with van der Waals surface area (Å²) in [6.45, 7) is 8.66. The second kappa shape index (κ2) is 4.86. The highest BCUT2D eigenvalue weighted by molar-refractivity contribution is 7.80. The van der Waals surface area contributed by atoms with Crippen molar-refractivity contribution < 1.29 is 0 Å². The molecular formula is C14H21N3S. The van der Waals surface area contributed by atoms with Crippen LogP contribution in [0.2, 0.25) is 0 Å². The molecule has 0 aliphatic carbocycles. The van der Waals surface area contributed by atoms with Gasteiger partial charge in [0, 0.05) is 0 Å². The molecule has 1 aromatic rings. The highest BCUT2D eigenvalue weighted by atomic mass is 32.1. The molecule has 1 aliphatic heterocycles. The van der Waals surface area contributed by atoms with Gasteiger partial charge in [0.1, 0.15) is 5.66 Å². The predicted octanol–water partition coefficient (Wildman–Crippen LogP) is 2.96. The first kappa shape index (κ1) is 13.3. The van der Waals surface area contributed by atoms with Gasteiger partial charge in [-0.15, -0.1) is 0 Å². The molecular weight excluding hydrogens is 242 g/mol. The largest absolute Gasteiger partial charge is 0.342 e. The Kier molecular flexibility index (Phi) is 3.59. The van der Waals surface area contributed by atoms with Crippen LogP contribution in [0, 0.1) is 12.8 Å². The van der Waals surface area contributed by atoms with Crippen molar-refractivity contribution in [1.82, 2.24) is 10.7 Å². The van der Waals surface area contributed by atoms with Crippen molar-refractivity contribution in [2.75, 3.05) is 5.01 Å². The number of hydrogen-bond donors (Lipinski definition) is 2. The summed E-state index contributed by atoms with van der Waals surface area (Å²) in [5, 5.41) is 6.06. The molecule has 3 nitrogen and oxygen atoms in total. The van der Waals surface area contributed by atoms with Gasteiger partial charge in [-0.25, -0.2) is 5.43 Å². The fourth-order valence-corrected chi connectivity index (χ4v) is 2.78. The van der Waals surface area contributed by atoms with Crippen LogP contribution in [0.15, 0.2) is 24.3 Å². The van der Waals surface area contributed by atoms with Gasteiger partial charge in [0.2, 0.25) is 0 Å². The Balaban J connectivity index is 2.16. The van der Waals surface area contributed by atoms with Crippen LogP contribution in [0.1, 0.15) is 32.8 Å². The number of thiocarbonyl (C=S) groups is 1. The van der Waals surface area contributed by atoms with E-state index < -0.39 is 0 Å². The Morgan fingerprint density at radius 2 is 1.89 bits per heavy atom. The van der Waals surface area contributed by atoms with Gasteiger partial charge in [-0.3, -0.25) is 5.01 Å². The third-order valence-electron chi connectivity index (χ3n) is 3.05. The molecule has 0 spiro atoms. The van der Waals surface area contributed by atoms with Gasteiger partial charge in [0.05, 0.1) is 5.69 Å². The molecule has 2 rings (SSSR count). The zero-order valence-corrected chi connectivity index (χ0v) is 12.3. The minimum Gasteiger partial charge on any atom is -0.342 e. The molecule has 0 unspecified atom stereocenters. The lowest BCUT2D eigenvalue weighted by Gasteiger charge is -2.27. The Hall–Kier alpha value is -1.13. The van der Waals surface area contributed by atoms with E-state index in [0.717, 1.165) is 17.2 Å². The topological polar surface area (TPSA) is 27.3 Å². The average Bonchev–Trinajstić information content (AvgIpc) is 2.54. The summed E-state index contributed by atoms with van der Waals surface area (Å²) < 4.78 is 0. The van der Waals surface area contributed by atoms with Crippen molar-refractivity contribution >= 4 is 23.0 Å². The Labute approximate surface area is 115 Å². The zero-order valence-electron chi connectivity index (χ0n) is 11.4. The van der Waals surface area contributed by atoms with Crippen LogP contribution >= 0.6 is 12.2 Å². The lowest BCUT2D eigenvalue weighted by molar-refractivity contribution is 0.303. The van der Waals surface area contributed by atoms with Crippen molar-refractivity contribution in [2.45, 2.75) is 39.8 Å². The second-order valence-corrected chi connectivity index (χ2v) is 6.03. The predicted molar refractivity (Wildman–Crippen MR) is 80.4 cm³/mol. The Bertz CT molecular complexity index is 441. The number of benzene rings is 1. The van der Waals surface area contributed by atoms with Gasteiger partial charge < -0.3 is 5.32 Å². The molecule has 1 atom stereocenters. The third kappa shape index (κ3) is 2.82. The van der Waals surface area contributed by atoms with E-state index in [1.807, 2.05) is 5.01 Å². The maximum absolute atomic E-state index is 5.41. The SMILES string of the molecule is Cc1ccc(N2N[C@@](C)(CC(C)C)NC2=S)cc1. The molecule has 18 heavy (non-hydrogen) atoms. The monoisotopic (exact) mass is 263 g/mol. The minimum absolute atomic E-state index is 0.157. The average molecular weight is 263 g/mol. The van der Waals surface area contributed by atoms with Crippen molar-refractivity contribution in [3.05, 3.63) is 29.8 Å². The lowest BCUT2D eigenvalue weighted by Crippen LogP contribution is -2.49. The van der Waals surface area contributed by atoms with Gasteiger partial charge in [-0.1, -0.05) is 31.5 Å². The van der Waals surface area contributed by atoms with Crippen LogP contribution in [0.3, 0.4) is 0 Å². The molecule has 2 N–H and O–H groups in total. The van der Waals surface area contributed by atoms with E-state index in [4.69, 9.17) is 12.2 Å². The number of aryl methyl sites for hydroxylation is 1. The standard InChI is InChI=1S/C14H21N3S/c1-10(2)9-14(4)15-13(18)17(16-14)12-7-5-11(3)6-8-12/h5-8,10,16H,9H2,1-4H3,(H,15,18)/t14-/m0/s1. The summed E-state index contributed by atoms with van der Waals surface area (Å²) in [4.78, 5) is 0. The number of nitrogens with one attached hydrogen (secondary N) is 2.